The molecule has 0 spiro atoms. The number of carbonyl (C=O) groups is 1. The van der Waals surface area contributed by atoms with Gasteiger partial charge in [-0.3, -0.25) is 0 Å². The third-order valence-corrected chi connectivity index (χ3v) is 2.71. The number of rotatable bonds is 1. The SMILES string of the molecule is O=CC1OC2OC(C(Cl)(Cl)Cl)OC2C1O. The number of hydrogen-bond acceptors (Lipinski definition) is 5. The van der Waals surface area contributed by atoms with Gasteiger partial charge in [0.2, 0.25) is 10.1 Å². The Balaban J connectivity index is 2.05. The molecule has 86 valence electrons. The highest BCUT2D eigenvalue weighted by atomic mass is 35.6. The molecule has 0 aromatic heterocycles. The largest absolute Gasteiger partial charge is 0.387 e. The molecule has 5 nitrogen and oxygen atoms in total. The molecule has 0 aromatic rings. The van der Waals surface area contributed by atoms with Gasteiger partial charge in [-0.1, -0.05) is 34.8 Å². The van der Waals surface area contributed by atoms with Crippen LogP contribution in [0.2, 0.25) is 0 Å². The molecule has 2 rings (SSSR count). The maximum absolute atomic E-state index is 10.5. The molecule has 5 atom stereocenters. The molecule has 0 aliphatic carbocycles. The van der Waals surface area contributed by atoms with Crippen LogP contribution in [0, 0.1) is 0 Å². The number of aliphatic hydroxyl groups is 1. The Labute approximate surface area is 100 Å². The molecule has 1 N–H and O–H groups in total. The number of aldehydes is 1. The Bertz CT molecular complexity index is 268. The summed E-state index contributed by atoms with van der Waals surface area (Å²) in [6, 6.07) is 0. The summed E-state index contributed by atoms with van der Waals surface area (Å²) in [7, 11) is 0. The van der Waals surface area contributed by atoms with Crippen molar-refractivity contribution >= 4 is 41.1 Å². The predicted molar refractivity (Wildman–Crippen MR) is 50.8 cm³/mol. The van der Waals surface area contributed by atoms with Crippen molar-refractivity contribution in [1.29, 1.82) is 0 Å². The third-order valence-electron chi connectivity index (χ3n) is 2.17. The van der Waals surface area contributed by atoms with Crippen molar-refractivity contribution in [1.82, 2.24) is 0 Å². The number of hydrogen-bond donors (Lipinski definition) is 1. The van der Waals surface area contributed by atoms with Crippen LogP contribution in [-0.4, -0.2) is 46.1 Å². The minimum atomic E-state index is -1.76. The molecule has 0 amide bonds. The standard InChI is InChI=1S/C7H7Cl3O5/c8-7(9,10)6-14-4-3(12)2(1-11)13-5(4)15-6/h1-6,12H. The number of fused-ring (bicyclic) bond motifs is 1. The Morgan fingerprint density at radius 3 is 2.33 bits per heavy atom. The van der Waals surface area contributed by atoms with Crippen molar-refractivity contribution in [3.63, 3.8) is 0 Å². The fourth-order valence-corrected chi connectivity index (χ4v) is 1.79. The molecule has 2 saturated heterocycles. The zero-order chi connectivity index (χ0) is 11.2. The van der Waals surface area contributed by atoms with E-state index in [2.05, 4.69) is 0 Å². The first-order valence-corrected chi connectivity index (χ1v) is 5.23. The summed E-state index contributed by atoms with van der Waals surface area (Å²) < 4.78 is 13.5. The number of halogens is 3. The van der Waals surface area contributed by atoms with E-state index in [-0.39, 0.29) is 0 Å². The van der Waals surface area contributed by atoms with E-state index in [9.17, 15) is 9.90 Å². The highest BCUT2D eigenvalue weighted by Gasteiger charge is 2.55. The smallest absolute Gasteiger partial charge is 0.241 e. The fraction of sp³-hybridized carbons (Fsp3) is 0.857. The van der Waals surface area contributed by atoms with E-state index in [1.54, 1.807) is 0 Å². The quantitative estimate of drug-likeness (QED) is 0.554. The fourth-order valence-electron chi connectivity index (χ4n) is 1.48. The summed E-state index contributed by atoms with van der Waals surface area (Å²) in [6.45, 7) is 0. The van der Waals surface area contributed by atoms with Gasteiger partial charge < -0.3 is 24.1 Å². The van der Waals surface area contributed by atoms with Crippen LogP contribution in [0.25, 0.3) is 0 Å². The van der Waals surface area contributed by atoms with Crippen LogP contribution in [0.5, 0.6) is 0 Å². The molecule has 0 radical (unpaired) electrons. The monoisotopic (exact) mass is 276 g/mol. The number of alkyl halides is 3. The van der Waals surface area contributed by atoms with Crippen LogP contribution < -0.4 is 0 Å². The lowest BCUT2D eigenvalue weighted by Crippen LogP contribution is -2.35. The van der Waals surface area contributed by atoms with E-state index in [0.29, 0.717) is 6.29 Å². The number of aliphatic hydroxyl groups excluding tert-OH is 1. The second-order valence-corrected chi connectivity index (χ2v) is 5.58. The average Bonchev–Trinajstić information content (AvgIpc) is 2.65. The zero-order valence-electron chi connectivity index (χ0n) is 7.18. The first-order chi connectivity index (χ1) is 6.93. The summed E-state index contributed by atoms with van der Waals surface area (Å²) in [5.74, 6) is 0. The summed E-state index contributed by atoms with van der Waals surface area (Å²) in [6.07, 6.45) is -4.39. The molecule has 0 bridgehead atoms. The maximum atomic E-state index is 10.5. The summed E-state index contributed by atoms with van der Waals surface area (Å²) in [5.41, 5.74) is 0. The Hall–Kier alpha value is 0.380. The van der Waals surface area contributed by atoms with E-state index in [0.717, 1.165) is 0 Å². The summed E-state index contributed by atoms with van der Waals surface area (Å²) in [4.78, 5) is 10.5. The van der Waals surface area contributed by atoms with Gasteiger partial charge in [0, 0.05) is 0 Å². The summed E-state index contributed by atoms with van der Waals surface area (Å²) in [5, 5.41) is 9.55. The topological polar surface area (TPSA) is 65.0 Å². The zero-order valence-corrected chi connectivity index (χ0v) is 9.45. The van der Waals surface area contributed by atoms with Gasteiger partial charge in [-0.15, -0.1) is 0 Å². The van der Waals surface area contributed by atoms with Crippen LogP contribution >= 0.6 is 34.8 Å². The number of carbonyl (C=O) groups excluding carboxylic acids is 1. The molecular formula is C7H7Cl3O5. The Morgan fingerprint density at radius 1 is 1.20 bits per heavy atom. The van der Waals surface area contributed by atoms with Crippen molar-refractivity contribution in [2.75, 3.05) is 0 Å². The van der Waals surface area contributed by atoms with Crippen LogP contribution in [0.15, 0.2) is 0 Å². The van der Waals surface area contributed by atoms with Crippen molar-refractivity contribution in [2.45, 2.75) is 34.7 Å². The molecule has 15 heavy (non-hydrogen) atoms. The molecule has 8 heteroatoms. The number of ether oxygens (including phenoxy) is 3. The molecule has 2 aliphatic rings. The van der Waals surface area contributed by atoms with Gasteiger partial charge in [0.25, 0.3) is 0 Å². The van der Waals surface area contributed by atoms with Crippen LogP contribution in [0.4, 0.5) is 0 Å². The molecule has 2 fully saturated rings. The van der Waals surface area contributed by atoms with Crippen molar-refractivity contribution < 1.29 is 24.1 Å². The second kappa shape index (κ2) is 4.00. The van der Waals surface area contributed by atoms with Gasteiger partial charge in [0.15, 0.2) is 12.6 Å². The minimum Gasteiger partial charge on any atom is -0.387 e. The van der Waals surface area contributed by atoms with E-state index < -0.39 is 34.7 Å². The highest BCUT2D eigenvalue weighted by Crippen LogP contribution is 2.41. The van der Waals surface area contributed by atoms with Crippen molar-refractivity contribution in [3.05, 3.63) is 0 Å². The lowest BCUT2D eigenvalue weighted by Gasteiger charge is -2.20. The van der Waals surface area contributed by atoms with Gasteiger partial charge in [0.1, 0.15) is 18.3 Å². The van der Waals surface area contributed by atoms with Crippen LogP contribution in [0.1, 0.15) is 0 Å². The van der Waals surface area contributed by atoms with Gasteiger partial charge in [-0.05, 0) is 0 Å². The van der Waals surface area contributed by atoms with Crippen molar-refractivity contribution in [3.8, 4) is 0 Å². The molecular weight excluding hydrogens is 270 g/mol. The molecule has 2 heterocycles. The lowest BCUT2D eigenvalue weighted by atomic mass is 10.1. The van der Waals surface area contributed by atoms with E-state index >= 15 is 0 Å². The molecule has 0 aromatic carbocycles. The minimum absolute atomic E-state index is 0.472. The predicted octanol–water partition coefficient (Wildman–Crippen LogP) is 0.383. The van der Waals surface area contributed by atoms with Crippen LogP contribution in [-0.2, 0) is 19.0 Å². The average molecular weight is 277 g/mol. The normalized spacial score (nSPS) is 45.5. The van der Waals surface area contributed by atoms with E-state index in [1.165, 1.54) is 0 Å². The Kier molecular flexibility index (Phi) is 3.16. The van der Waals surface area contributed by atoms with E-state index in [4.69, 9.17) is 49.0 Å². The first kappa shape index (κ1) is 11.9. The van der Waals surface area contributed by atoms with E-state index in [1.807, 2.05) is 0 Å². The first-order valence-electron chi connectivity index (χ1n) is 4.10. The Morgan fingerprint density at radius 2 is 1.87 bits per heavy atom. The van der Waals surface area contributed by atoms with Gasteiger partial charge >= 0.3 is 0 Å². The van der Waals surface area contributed by atoms with Gasteiger partial charge in [0.05, 0.1) is 0 Å². The second-order valence-electron chi connectivity index (χ2n) is 3.21. The van der Waals surface area contributed by atoms with Gasteiger partial charge in [-0.2, -0.15) is 0 Å². The molecule has 0 saturated carbocycles. The van der Waals surface area contributed by atoms with Gasteiger partial charge in [-0.25, -0.2) is 0 Å². The molecule has 2 aliphatic heterocycles. The molecule has 5 unspecified atom stereocenters. The third kappa shape index (κ3) is 2.10. The summed E-state index contributed by atoms with van der Waals surface area (Å²) >= 11 is 16.6. The maximum Gasteiger partial charge on any atom is 0.241 e. The van der Waals surface area contributed by atoms with Crippen LogP contribution in [0.3, 0.4) is 0 Å². The van der Waals surface area contributed by atoms with Crippen molar-refractivity contribution in [2.24, 2.45) is 0 Å². The lowest BCUT2D eigenvalue weighted by molar-refractivity contribution is -0.168. The highest BCUT2D eigenvalue weighted by molar-refractivity contribution is 6.67.